The molecule has 1 aliphatic heterocycles. The molecule has 1 aliphatic rings. The number of ether oxygens (including phenoxy) is 2. The van der Waals surface area contributed by atoms with Gasteiger partial charge in [-0.3, -0.25) is 4.90 Å². The maximum absolute atomic E-state index is 10.2. The summed E-state index contributed by atoms with van der Waals surface area (Å²) in [4.78, 5) is 2.36. The molecule has 1 aromatic rings. The van der Waals surface area contributed by atoms with E-state index in [1.54, 1.807) is 13.2 Å². The number of hydrogen-bond acceptors (Lipinski definition) is 4. The summed E-state index contributed by atoms with van der Waals surface area (Å²) in [6.45, 7) is 6.17. The number of para-hydroxylation sites is 1. The Labute approximate surface area is 114 Å². The number of likely N-dealkylation sites (tertiary alicyclic amines) is 1. The fourth-order valence-corrected chi connectivity index (χ4v) is 2.64. The highest BCUT2D eigenvalue weighted by Crippen LogP contribution is 2.31. The number of phenolic OH excluding ortho intramolecular Hbond substituents is 1. The van der Waals surface area contributed by atoms with Gasteiger partial charge in [-0.1, -0.05) is 12.1 Å². The zero-order valence-corrected chi connectivity index (χ0v) is 11.8. The molecule has 1 saturated heterocycles. The Bertz CT molecular complexity index is 408. The van der Waals surface area contributed by atoms with Crippen LogP contribution in [0.1, 0.15) is 18.9 Å². The number of rotatable bonds is 6. The molecule has 0 saturated carbocycles. The highest BCUT2D eigenvalue weighted by atomic mass is 16.5. The van der Waals surface area contributed by atoms with Crippen LogP contribution in [0.4, 0.5) is 0 Å². The predicted molar refractivity (Wildman–Crippen MR) is 74.5 cm³/mol. The van der Waals surface area contributed by atoms with Crippen LogP contribution in [0.15, 0.2) is 18.2 Å². The molecule has 1 aromatic carbocycles. The Morgan fingerprint density at radius 2 is 2.26 bits per heavy atom. The lowest BCUT2D eigenvalue weighted by molar-refractivity contribution is 0.152. The molecule has 4 heteroatoms. The summed E-state index contributed by atoms with van der Waals surface area (Å²) in [5, 5.41) is 10.2. The number of hydrogen-bond donors (Lipinski definition) is 1. The standard InChI is InChI=1S/C15H23NO3/c1-3-19-14-6-4-5-13(15(14)17)10-16-8-7-12(9-16)11-18-2/h4-6,12,17H,3,7-11H2,1-2H3. The van der Waals surface area contributed by atoms with Crippen molar-refractivity contribution in [2.45, 2.75) is 19.9 Å². The van der Waals surface area contributed by atoms with Crippen molar-refractivity contribution in [3.63, 3.8) is 0 Å². The summed E-state index contributed by atoms with van der Waals surface area (Å²) in [6.07, 6.45) is 1.17. The number of aromatic hydroxyl groups is 1. The molecule has 0 spiro atoms. The Morgan fingerprint density at radius 1 is 1.42 bits per heavy atom. The molecule has 0 radical (unpaired) electrons. The molecule has 1 heterocycles. The van der Waals surface area contributed by atoms with Crippen molar-refractivity contribution < 1.29 is 14.6 Å². The van der Waals surface area contributed by atoms with Crippen molar-refractivity contribution in [2.24, 2.45) is 5.92 Å². The van der Waals surface area contributed by atoms with Crippen LogP contribution >= 0.6 is 0 Å². The summed E-state index contributed by atoms with van der Waals surface area (Å²) in [6, 6.07) is 5.70. The van der Waals surface area contributed by atoms with E-state index in [1.165, 1.54) is 6.42 Å². The molecule has 1 fully saturated rings. The van der Waals surface area contributed by atoms with Gasteiger partial charge in [0.05, 0.1) is 13.2 Å². The minimum absolute atomic E-state index is 0.277. The quantitative estimate of drug-likeness (QED) is 0.856. The Morgan fingerprint density at radius 3 is 3.00 bits per heavy atom. The van der Waals surface area contributed by atoms with Crippen LogP contribution in [-0.4, -0.2) is 43.4 Å². The lowest BCUT2D eigenvalue weighted by atomic mass is 10.1. The first-order valence-electron chi connectivity index (χ1n) is 6.89. The maximum atomic E-state index is 10.2. The SMILES string of the molecule is CCOc1cccc(CN2CCC(COC)C2)c1O. The van der Waals surface area contributed by atoms with Crippen LogP contribution in [-0.2, 0) is 11.3 Å². The summed E-state index contributed by atoms with van der Waals surface area (Å²) in [5.41, 5.74) is 0.934. The van der Waals surface area contributed by atoms with Crippen molar-refractivity contribution in [3.05, 3.63) is 23.8 Å². The van der Waals surface area contributed by atoms with Gasteiger partial charge < -0.3 is 14.6 Å². The molecule has 1 unspecified atom stereocenters. The van der Waals surface area contributed by atoms with Crippen LogP contribution in [0.5, 0.6) is 11.5 Å². The third-order valence-electron chi connectivity index (χ3n) is 3.55. The normalized spacial score (nSPS) is 19.8. The first-order valence-corrected chi connectivity index (χ1v) is 6.89. The second-order valence-corrected chi connectivity index (χ2v) is 5.04. The minimum atomic E-state index is 0.277. The van der Waals surface area contributed by atoms with Gasteiger partial charge in [-0.25, -0.2) is 0 Å². The molecule has 1 N–H and O–H groups in total. The van der Waals surface area contributed by atoms with Crippen molar-refractivity contribution >= 4 is 0 Å². The maximum Gasteiger partial charge on any atom is 0.162 e. The lowest BCUT2D eigenvalue weighted by Gasteiger charge is -2.17. The van der Waals surface area contributed by atoms with Crippen LogP contribution in [0.2, 0.25) is 0 Å². The van der Waals surface area contributed by atoms with E-state index >= 15 is 0 Å². The fourth-order valence-electron chi connectivity index (χ4n) is 2.64. The van der Waals surface area contributed by atoms with E-state index in [1.807, 2.05) is 19.1 Å². The average molecular weight is 265 g/mol. The van der Waals surface area contributed by atoms with E-state index in [0.717, 1.165) is 31.8 Å². The van der Waals surface area contributed by atoms with E-state index in [-0.39, 0.29) is 5.75 Å². The van der Waals surface area contributed by atoms with Gasteiger partial charge in [0.2, 0.25) is 0 Å². The molecule has 0 bridgehead atoms. The third-order valence-corrected chi connectivity index (χ3v) is 3.55. The summed E-state index contributed by atoms with van der Waals surface area (Å²) < 4.78 is 10.6. The minimum Gasteiger partial charge on any atom is -0.504 e. The van der Waals surface area contributed by atoms with Gasteiger partial charge in [0, 0.05) is 25.8 Å². The number of phenols is 1. The van der Waals surface area contributed by atoms with Crippen molar-refractivity contribution in [1.82, 2.24) is 4.90 Å². The van der Waals surface area contributed by atoms with E-state index in [2.05, 4.69) is 4.90 Å². The van der Waals surface area contributed by atoms with Gasteiger partial charge in [0.25, 0.3) is 0 Å². The second kappa shape index (κ2) is 6.78. The molecule has 1 atom stereocenters. The van der Waals surface area contributed by atoms with Gasteiger partial charge in [0.15, 0.2) is 11.5 Å². The second-order valence-electron chi connectivity index (χ2n) is 5.04. The predicted octanol–water partition coefficient (Wildman–Crippen LogP) is 2.26. The van der Waals surface area contributed by atoms with E-state index in [4.69, 9.17) is 9.47 Å². The van der Waals surface area contributed by atoms with Gasteiger partial charge >= 0.3 is 0 Å². The molecule has 4 nitrogen and oxygen atoms in total. The van der Waals surface area contributed by atoms with Crippen LogP contribution < -0.4 is 4.74 Å². The van der Waals surface area contributed by atoms with Gasteiger partial charge in [-0.2, -0.15) is 0 Å². The molecule has 106 valence electrons. The van der Waals surface area contributed by atoms with Crippen molar-refractivity contribution in [3.8, 4) is 11.5 Å². The topological polar surface area (TPSA) is 41.9 Å². The third kappa shape index (κ3) is 3.61. The molecular formula is C15H23NO3. The van der Waals surface area contributed by atoms with Crippen LogP contribution in [0.25, 0.3) is 0 Å². The number of nitrogens with zero attached hydrogens (tertiary/aromatic N) is 1. The number of methoxy groups -OCH3 is 1. The highest BCUT2D eigenvalue weighted by molar-refractivity contribution is 5.45. The average Bonchev–Trinajstić information content (AvgIpc) is 2.83. The largest absolute Gasteiger partial charge is 0.504 e. The summed E-state index contributed by atoms with van der Waals surface area (Å²) in [7, 11) is 1.75. The molecule has 19 heavy (non-hydrogen) atoms. The van der Waals surface area contributed by atoms with Crippen molar-refractivity contribution in [2.75, 3.05) is 33.4 Å². The molecule has 0 amide bonds. The first-order chi connectivity index (χ1) is 9.24. The Kier molecular flexibility index (Phi) is 5.05. The Balaban J connectivity index is 1.98. The summed E-state index contributed by atoms with van der Waals surface area (Å²) >= 11 is 0. The van der Waals surface area contributed by atoms with Gasteiger partial charge in [-0.05, 0) is 31.9 Å². The smallest absolute Gasteiger partial charge is 0.162 e. The highest BCUT2D eigenvalue weighted by Gasteiger charge is 2.23. The molecule has 0 aliphatic carbocycles. The van der Waals surface area contributed by atoms with Gasteiger partial charge in [0.1, 0.15) is 0 Å². The molecular weight excluding hydrogens is 242 g/mol. The summed E-state index contributed by atoms with van der Waals surface area (Å²) in [5.74, 6) is 1.47. The fraction of sp³-hybridized carbons (Fsp3) is 0.600. The molecule has 2 rings (SSSR count). The molecule has 0 aromatic heterocycles. The van der Waals surface area contributed by atoms with Gasteiger partial charge in [-0.15, -0.1) is 0 Å². The van der Waals surface area contributed by atoms with E-state index in [0.29, 0.717) is 18.3 Å². The zero-order chi connectivity index (χ0) is 13.7. The number of benzene rings is 1. The zero-order valence-electron chi connectivity index (χ0n) is 11.8. The Hall–Kier alpha value is -1.26. The van der Waals surface area contributed by atoms with E-state index < -0.39 is 0 Å². The van der Waals surface area contributed by atoms with Crippen molar-refractivity contribution in [1.29, 1.82) is 0 Å². The first kappa shape index (κ1) is 14.2. The van der Waals surface area contributed by atoms with Crippen LogP contribution in [0, 0.1) is 5.92 Å². The van der Waals surface area contributed by atoms with E-state index in [9.17, 15) is 5.11 Å². The van der Waals surface area contributed by atoms with Crippen LogP contribution in [0.3, 0.4) is 0 Å². The lowest BCUT2D eigenvalue weighted by Crippen LogP contribution is -2.21. The monoisotopic (exact) mass is 265 g/mol.